The van der Waals surface area contributed by atoms with Crippen LogP contribution in [0.4, 0.5) is 0 Å². The Kier molecular flexibility index (Phi) is 4.39. The molecule has 0 fully saturated rings. The molecule has 0 spiro atoms. The van der Waals surface area contributed by atoms with E-state index in [-0.39, 0.29) is 5.41 Å². The van der Waals surface area contributed by atoms with Gasteiger partial charge in [0, 0.05) is 13.0 Å². The Labute approximate surface area is 119 Å². The van der Waals surface area contributed by atoms with Gasteiger partial charge in [0.1, 0.15) is 5.75 Å². The van der Waals surface area contributed by atoms with Crippen LogP contribution in [0.25, 0.3) is 0 Å². The molecule has 0 amide bonds. The number of methoxy groups -OCH3 is 1. The van der Waals surface area contributed by atoms with Gasteiger partial charge in [0.25, 0.3) is 0 Å². The molecule has 0 saturated heterocycles. The molecule has 0 saturated carbocycles. The van der Waals surface area contributed by atoms with Crippen LogP contribution in [0.5, 0.6) is 5.75 Å². The van der Waals surface area contributed by atoms with Crippen molar-refractivity contribution < 1.29 is 9.26 Å². The minimum absolute atomic E-state index is 0.250. The predicted molar refractivity (Wildman–Crippen MR) is 76.8 cm³/mol. The molecule has 1 unspecified atom stereocenters. The molecule has 1 aromatic heterocycles. The molecule has 5 heteroatoms. The molecular formula is C15H21N3O2. The molecule has 5 nitrogen and oxygen atoms in total. The smallest absolute Gasteiger partial charge is 0.233 e. The van der Waals surface area contributed by atoms with E-state index in [0.717, 1.165) is 17.7 Å². The van der Waals surface area contributed by atoms with Crippen molar-refractivity contribution >= 4 is 0 Å². The zero-order valence-electron chi connectivity index (χ0n) is 12.2. The summed E-state index contributed by atoms with van der Waals surface area (Å²) in [6.07, 6.45) is 1.48. The van der Waals surface area contributed by atoms with E-state index >= 15 is 0 Å². The Morgan fingerprint density at radius 3 is 2.85 bits per heavy atom. The van der Waals surface area contributed by atoms with Crippen LogP contribution in [-0.2, 0) is 11.8 Å². The molecular weight excluding hydrogens is 254 g/mol. The Bertz CT molecular complexity index is 562. The maximum atomic E-state index is 5.80. The van der Waals surface area contributed by atoms with Crippen molar-refractivity contribution in [3.63, 3.8) is 0 Å². The molecule has 2 rings (SSSR count). The van der Waals surface area contributed by atoms with Gasteiger partial charge in [0.15, 0.2) is 5.82 Å². The SMILES string of the molecule is CCC(C)(CN)c1nc(Cc2cccc(OC)c2)no1. The summed E-state index contributed by atoms with van der Waals surface area (Å²) in [5.41, 5.74) is 6.64. The average Bonchev–Trinajstić information content (AvgIpc) is 2.95. The van der Waals surface area contributed by atoms with Crippen LogP contribution in [0, 0.1) is 0 Å². The summed E-state index contributed by atoms with van der Waals surface area (Å²) < 4.78 is 10.6. The van der Waals surface area contributed by atoms with Crippen LogP contribution in [0.2, 0.25) is 0 Å². The first-order chi connectivity index (χ1) is 9.61. The van der Waals surface area contributed by atoms with Crippen LogP contribution in [0.15, 0.2) is 28.8 Å². The van der Waals surface area contributed by atoms with Crippen LogP contribution in [-0.4, -0.2) is 23.8 Å². The van der Waals surface area contributed by atoms with Crippen molar-refractivity contribution in [3.05, 3.63) is 41.5 Å². The first-order valence-electron chi connectivity index (χ1n) is 6.77. The highest BCUT2D eigenvalue weighted by Crippen LogP contribution is 2.25. The largest absolute Gasteiger partial charge is 0.497 e. The topological polar surface area (TPSA) is 74.2 Å². The average molecular weight is 275 g/mol. The van der Waals surface area contributed by atoms with Gasteiger partial charge < -0.3 is 15.0 Å². The molecule has 0 radical (unpaired) electrons. The van der Waals surface area contributed by atoms with E-state index in [1.807, 2.05) is 31.2 Å². The third kappa shape index (κ3) is 2.99. The minimum atomic E-state index is -0.250. The Hall–Kier alpha value is -1.88. The number of benzene rings is 1. The fourth-order valence-corrected chi connectivity index (χ4v) is 1.92. The molecule has 1 heterocycles. The lowest BCUT2D eigenvalue weighted by Crippen LogP contribution is -2.31. The second-order valence-electron chi connectivity index (χ2n) is 5.16. The van der Waals surface area contributed by atoms with E-state index in [0.29, 0.717) is 24.7 Å². The number of ether oxygens (including phenoxy) is 1. The van der Waals surface area contributed by atoms with E-state index in [1.54, 1.807) is 7.11 Å². The second kappa shape index (κ2) is 6.05. The predicted octanol–water partition coefficient (Wildman–Crippen LogP) is 2.30. The first kappa shape index (κ1) is 14.5. The van der Waals surface area contributed by atoms with E-state index < -0.39 is 0 Å². The maximum Gasteiger partial charge on any atom is 0.233 e. The number of hydrogen-bond donors (Lipinski definition) is 1. The standard InChI is InChI=1S/C15H21N3O2/c1-4-15(2,10-16)14-17-13(18-20-14)9-11-6-5-7-12(8-11)19-3/h5-8H,4,9-10,16H2,1-3H3. The number of rotatable bonds is 6. The van der Waals surface area contributed by atoms with Gasteiger partial charge in [-0.3, -0.25) is 0 Å². The third-order valence-electron chi connectivity index (χ3n) is 3.71. The van der Waals surface area contributed by atoms with E-state index in [2.05, 4.69) is 17.1 Å². The van der Waals surface area contributed by atoms with E-state index in [1.165, 1.54) is 0 Å². The highest BCUT2D eigenvalue weighted by Gasteiger charge is 2.29. The second-order valence-corrected chi connectivity index (χ2v) is 5.16. The number of aromatic nitrogens is 2. The molecule has 108 valence electrons. The fourth-order valence-electron chi connectivity index (χ4n) is 1.92. The van der Waals surface area contributed by atoms with Gasteiger partial charge in [-0.15, -0.1) is 0 Å². The van der Waals surface area contributed by atoms with Crippen molar-refractivity contribution in [1.29, 1.82) is 0 Å². The van der Waals surface area contributed by atoms with Gasteiger partial charge in [-0.2, -0.15) is 4.98 Å². The summed E-state index contributed by atoms with van der Waals surface area (Å²) in [4.78, 5) is 4.48. The highest BCUT2D eigenvalue weighted by atomic mass is 16.5. The van der Waals surface area contributed by atoms with E-state index in [4.69, 9.17) is 15.0 Å². The molecule has 1 aromatic carbocycles. The summed E-state index contributed by atoms with van der Waals surface area (Å²) in [5, 5.41) is 4.05. The van der Waals surface area contributed by atoms with Crippen molar-refractivity contribution in [1.82, 2.24) is 10.1 Å². The van der Waals surface area contributed by atoms with Crippen molar-refractivity contribution in [2.45, 2.75) is 32.1 Å². The molecule has 0 aliphatic heterocycles. The molecule has 0 bridgehead atoms. The lowest BCUT2D eigenvalue weighted by atomic mass is 9.88. The molecule has 0 aliphatic carbocycles. The fraction of sp³-hybridized carbons (Fsp3) is 0.467. The number of hydrogen-bond acceptors (Lipinski definition) is 5. The van der Waals surface area contributed by atoms with E-state index in [9.17, 15) is 0 Å². The first-order valence-corrected chi connectivity index (χ1v) is 6.77. The normalized spacial score (nSPS) is 14.0. The van der Waals surface area contributed by atoms with Crippen LogP contribution in [0.1, 0.15) is 37.5 Å². The van der Waals surface area contributed by atoms with Gasteiger partial charge in [-0.25, -0.2) is 0 Å². The lowest BCUT2D eigenvalue weighted by Gasteiger charge is -2.20. The summed E-state index contributed by atoms with van der Waals surface area (Å²) in [6.45, 7) is 4.60. The van der Waals surface area contributed by atoms with Crippen LogP contribution >= 0.6 is 0 Å². The Morgan fingerprint density at radius 1 is 1.40 bits per heavy atom. The van der Waals surface area contributed by atoms with Gasteiger partial charge in [0.05, 0.1) is 12.5 Å². The monoisotopic (exact) mass is 275 g/mol. The van der Waals surface area contributed by atoms with Crippen LogP contribution < -0.4 is 10.5 Å². The highest BCUT2D eigenvalue weighted by molar-refractivity contribution is 5.30. The summed E-state index contributed by atoms with van der Waals surface area (Å²) >= 11 is 0. The Morgan fingerprint density at radius 2 is 2.20 bits per heavy atom. The minimum Gasteiger partial charge on any atom is -0.497 e. The van der Waals surface area contributed by atoms with Gasteiger partial charge >= 0.3 is 0 Å². The molecule has 0 aliphatic rings. The van der Waals surface area contributed by atoms with Crippen molar-refractivity contribution in [2.75, 3.05) is 13.7 Å². The Balaban J connectivity index is 2.17. The van der Waals surface area contributed by atoms with Gasteiger partial charge in [-0.05, 0) is 31.0 Å². The van der Waals surface area contributed by atoms with Crippen LogP contribution in [0.3, 0.4) is 0 Å². The quantitative estimate of drug-likeness (QED) is 0.875. The van der Waals surface area contributed by atoms with Crippen molar-refractivity contribution in [2.24, 2.45) is 5.73 Å². The third-order valence-corrected chi connectivity index (χ3v) is 3.71. The summed E-state index contributed by atoms with van der Waals surface area (Å²) in [7, 11) is 1.65. The van der Waals surface area contributed by atoms with Gasteiger partial charge in [-0.1, -0.05) is 24.2 Å². The molecule has 20 heavy (non-hydrogen) atoms. The number of nitrogens with two attached hydrogens (primary N) is 1. The molecule has 2 N–H and O–H groups in total. The zero-order chi connectivity index (χ0) is 14.6. The van der Waals surface area contributed by atoms with Gasteiger partial charge in [0.2, 0.25) is 5.89 Å². The zero-order valence-corrected chi connectivity index (χ0v) is 12.2. The summed E-state index contributed by atoms with van der Waals surface area (Å²) in [5.74, 6) is 2.10. The number of nitrogens with zero attached hydrogens (tertiary/aromatic N) is 2. The molecule has 1 atom stereocenters. The van der Waals surface area contributed by atoms with Crippen molar-refractivity contribution in [3.8, 4) is 5.75 Å². The summed E-state index contributed by atoms with van der Waals surface area (Å²) in [6, 6.07) is 7.84. The maximum absolute atomic E-state index is 5.80. The molecule has 2 aromatic rings. The lowest BCUT2D eigenvalue weighted by molar-refractivity contribution is 0.289.